The molecule has 0 atom stereocenters. The molecule has 3 heterocycles. The maximum Gasteiger partial charge on any atom is 0.0160 e. The zero-order chi connectivity index (χ0) is 39.6. The van der Waals surface area contributed by atoms with Crippen LogP contribution in [0.25, 0.3) is 79.2 Å². The number of aromatic nitrogens is 3. The maximum absolute atomic E-state index is 5.40. The summed E-state index contributed by atoms with van der Waals surface area (Å²) in [5.41, 5.74) is 14.3. The quantitative estimate of drug-likeness (QED) is 0.118. The van der Waals surface area contributed by atoms with Gasteiger partial charge in [0, 0.05) is 26.3 Å². The average Bonchev–Trinajstić information content (AvgIpc) is 3.86. The van der Waals surface area contributed by atoms with E-state index >= 15 is 0 Å². The zero-order valence-electron chi connectivity index (χ0n) is 33.5. The van der Waals surface area contributed by atoms with Crippen molar-refractivity contribution in [2.45, 2.75) is 39.5 Å². The molecule has 0 amide bonds. The maximum atomic E-state index is 5.40. The summed E-state index contributed by atoms with van der Waals surface area (Å²) in [4.78, 5) is 9.62. The van der Waals surface area contributed by atoms with Gasteiger partial charge >= 0.3 is 282 Å². The van der Waals surface area contributed by atoms with Gasteiger partial charge in [-0.3, -0.25) is 0 Å². The van der Waals surface area contributed by atoms with Gasteiger partial charge in [0.25, 0.3) is 0 Å². The third kappa shape index (κ3) is 8.14. The van der Waals surface area contributed by atoms with Crippen LogP contribution in [0.4, 0.5) is 0 Å². The van der Waals surface area contributed by atoms with E-state index in [0.717, 1.165) is 33.7 Å². The smallest absolute Gasteiger partial charge is 0.0160 e. The molecule has 0 saturated heterocycles. The largest absolute Gasteiger partial charge is 0.305 e. The Labute approximate surface area is 370 Å². The van der Waals surface area contributed by atoms with E-state index in [1.54, 1.807) is 6.20 Å². The van der Waals surface area contributed by atoms with E-state index in [4.69, 9.17) is 4.98 Å². The number of hydrogen-bond acceptors (Lipinski definition) is 2. The molecule has 0 fully saturated rings. The molecule has 0 aliphatic heterocycles. The van der Waals surface area contributed by atoms with Crippen LogP contribution >= 0.6 is 0 Å². The number of rotatable bonds is 7. The van der Waals surface area contributed by atoms with Crippen molar-refractivity contribution in [2.24, 2.45) is 0 Å². The fourth-order valence-electron chi connectivity index (χ4n) is 7.83. The Kier molecular flexibility index (Phi) is 12.2. The standard InChI is InChI=1S/C43H35N2Te.C11H8N.Ir/c1-27(2)36-24-32(30-16-9-6-10-17-30)25-37(28(3)4)41(36)45-39-21-12-11-20-38(39)44-43(45)35-19-13-18-34-33-23-22-31(26-40(33)46-42(34)35)29-14-7-5-8-15-29;1-2-6-10(7-3-1)11-8-4-5-9-12-11;/h5-18,20-28H,1-4H3;1-6,8-9H;/q2*-1;. The molecule has 0 saturated carbocycles. The third-order valence-corrected chi connectivity index (χ3v) is 14.1. The first-order chi connectivity index (χ1) is 28.4. The van der Waals surface area contributed by atoms with Gasteiger partial charge in [-0.05, 0) is 11.8 Å². The van der Waals surface area contributed by atoms with Crippen LogP contribution < -0.4 is 0 Å². The van der Waals surface area contributed by atoms with Crippen molar-refractivity contribution in [1.29, 1.82) is 0 Å². The van der Waals surface area contributed by atoms with Gasteiger partial charge in [0.2, 0.25) is 0 Å². The number of para-hydroxylation sites is 2. The SMILES string of the molecule is CC(C)c1cc(-c2ccccc2)cc(C(C)C)c1-n1c(-c2[c-]ccc3c2[te]c2cc(-c4ccccc4)ccc23)nc2ccccc21.[Ir].[c-]1ccccc1-c1ccccn1. The Morgan fingerprint density at radius 1 is 0.559 bits per heavy atom. The van der Waals surface area contributed by atoms with Crippen molar-refractivity contribution in [3.63, 3.8) is 0 Å². The summed E-state index contributed by atoms with van der Waals surface area (Å²) in [5, 5.41) is 2.71. The van der Waals surface area contributed by atoms with Crippen LogP contribution in [0, 0.1) is 12.1 Å². The van der Waals surface area contributed by atoms with Crippen LogP contribution in [0.2, 0.25) is 0 Å². The van der Waals surface area contributed by atoms with Crippen molar-refractivity contribution < 1.29 is 20.1 Å². The fourth-order valence-corrected chi connectivity index (χ4v) is 11.4. The van der Waals surface area contributed by atoms with E-state index in [2.05, 4.69) is 177 Å². The van der Waals surface area contributed by atoms with Crippen LogP contribution in [-0.2, 0) is 20.1 Å². The summed E-state index contributed by atoms with van der Waals surface area (Å²) in [5.74, 6) is 1.64. The first-order valence-corrected chi connectivity index (χ1v) is 22.3. The van der Waals surface area contributed by atoms with Gasteiger partial charge in [-0.1, -0.05) is 12.1 Å². The minimum absolute atomic E-state index is 0. The minimum Gasteiger partial charge on any atom is -0.305 e. The monoisotopic (exact) mass is 1060 g/mol. The molecule has 3 aromatic heterocycles. The molecule has 0 spiro atoms. The van der Waals surface area contributed by atoms with Crippen molar-refractivity contribution in [1.82, 2.24) is 14.5 Å². The first-order valence-electron chi connectivity index (χ1n) is 20.0. The number of pyridine rings is 1. The fraction of sp³-hybridized carbons (Fsp3) is 0.111. The Hall–Kier alpha value is -5.40. The van der Waals surface area contributed by atoms with E-state index in [-0.39, 0.29) is 20.1 Å². The zero-order valence-corrected chi connectivity index (χ0v) is 38.2. The van der Waals surface area contributed by atoms with Crippen molar-refractivity contribution in [3.05, 3.63) is 199 Å². The predicted molar refractivity (Wildman–Crippen MR) is 245 cm³/mol. The topological polar surface area (TPSA) is 30.7 Å². The molecule has 3 nitrogen and oxygen atoms in total. The van der Waals surface area contributed by atoms with Crippen molar-refractivity contribution in [3.8, 4) is 50.6 Å². The molecule has 0 bridgehead atoms. The average molecular weight is 1050 g/mol. The van der Waals surface area contributed by atoms with Gasteiger partial charge < -0.3 is 4.98 Å². The molecule has 10 aromatic rings. The number of fused-ring (bicyclic) bond motifs is 4. The van der Waals surface area contributed by atoms with Gasteiger partial charge in [-0.2, -0.15) is 0 Å². The summed E-state index contributed by atoms with van der Waals surface area (Å²) in [6.07, 6.45) is 1.79. The molecule has 291 valence electrons. The van der Waals surface area contributed by atoms with Gasteiger partial charge in [-0.25, -0.2) is 0 Å². The second kappa shape index (κ2) is 17.8. The number of nitrogens with zero attached hydrogens (tertiary/aromatic N) is 3. The van der Waals surface area contributed by atoms with Crippen LogP contribution in [0.3, 0.4) is 0 Å². The van der Waals surface area contributed by atoms with Gasteiger partial charge in [0.15, 0.2) is 0 Å². The van der Waals surface area contributed by atoms with E-state index in [9.17, 15) is 0 Å². The number of benzene rings is 7. The Morgan fingerprint density at radius 2 is 1.22 bits per heavy atom. The van der Waals surface area contributed by atoms with Gasteiger partial charge in [0.05, 0.1) is 0 Å². The normalized spacial score (nSPS) is 11.2. The molecule has 0 unspecified atom stereocenters. The molecular weight excluding hydrogens is 1010 g/mol. The Morgan fingerprint density at radius 3 is 1.88 bits per heavy atom. The van der Waals surface area contributed by atoms with Crippen LogP contribution in [0.5, 0.6) is 0 Å². The molecule has 0 aliphatic carbocycles. The van der Waals surface area contributed by atoms with Crippen LogP contribution in [0.15, 0.2) is 176 Å². The molecule has 0 N–H and O–H groups in total. The molecule has 10 rings (SSSR count). The second-order valence-corrected chi connectivity index (χ2v) is 18.2. The second-order valence-electron chi connectivity index (χ2n) is 15.2. The van der Waals surface area contributed by atoms with Gasteiger partial charge in [-0.15, -0.1) is 35.9 Å². The number of imidazole rings is 1. The summed E-state index contributed by atoms with van der Waals surface area (Å²) in [7, 11) is 0. The summed E-state index contributed by atoms with van der Waals surface area (Å²) >= 11 is -0.663. The molecule has 5 heteroatoms. The Bertz CT molecular complexity index is 2920. The summed E-state index contributed by atoms with van der Waals surface area (Å²) in [6.45, 7) is 9.26. The van der Waals surface area contributed by atoms with E-state index in [1.807, 2.05) is 42.5 Å². The van der Waals surface area contributed by atoms with Crippen molar-refractivity contribution in [2.75, 3.05) is 0 Å². The Balaban J connectivity index is 0.000000319. The number of hydrogen-bond donors (Lipinski definition) is 0. The van der Waals surface area contributed by atoms with E-state index < -0.39 is 20.4 Å². The summed E-state index contributed by atoms with van der Waals surface area (Å²) < 4.78 is 5.39. The molecule has 7 aromatic carbocycles. The predicted octanol–water partition coefficient (Wildman–Crippen LogP) is 14.0. The van der Waals surface area contributed by atoms with Crippen molar-refractivity contribution >= 4 is 49.0 Å². The van der Waals surface area contributed by atoms with Gasteiger partial charge in [0.1, 0.15) is 0 Å². The van der Waals surface area contributed by atoms with E-state index in [1.165, 1.54) is 56.6 Å². The minimum atomic E-state index is -0.663. The molecule has 1 radical (unpaired) electrons. The van der Waals surface area contributed by atoms with E-state index in [0.29, 0.717) is 11.8 Å². The molecular formula is C54H43IrN3Te-2. The third-order valence-electron chi connectivity index (χ3n) is 10.7. The van der Waals surface area contributed by atoms with Crippen LogP contribution in [-0.4, -0.2) is 35.0 Å². The molecule has 0 aliphatic rings. The molecule has 59 heavy (non-hydrogen) atoms. The first kappa shape index (κ1) is 40.4. The summed E-state index contributed by atoms with van der Waals surface area (Å²) in [6, 6.07) is 66.9. The van der Waals surface area contributed by atoms with Crippen LogP contribution in [0.1, 0.15) is 50.7 Å².